The summed E-state index contributed by atoms with van der Waals surface area (Å²) in [5.41, 5.74) is 0.450. The van der Waals surface area contributed by atoms with E-state index in [1.54, 1.807) is 13.0 Å². The number of carbonyl (C=O) groups is 2. The van der Waals surface area contributed by atoms with Crippen molar-refractivity contribution in [2.45, 2.75) is 26.2 Å². The van der Waals surface area contributed by atoms with Gasteiger partial charge in [0.05, 0.1) is 12.0 Å². The predicted octanol–water partition coefficient (Wildman–Crippen LogP) is 2.04. The van der Waals surface area contributed by atoms with Crippen LogP contribution in [-0.2, 0) is 15.0 Å². The molecule has 7 nitrogen and oxygen atoms in total. The molecular weight excluding hydrogens is 344 g/mol. The van der Waals surface area contributed by atoms with Gasteiger partial charge in [0.1, 0.15) is 5.76 Å². The third-order valence-corrected chi connectivity index (χ3v) is 4.95. The lowest BCUT2D eigenvalue weighted by Gasteiger charge is -2.38. The minimum absolute atomic E-state index is 0.121. The second kappa shape index (κ2) is 7.92. The van der Waals surface area contributed by atoms with Crippen LogP contribution < -0.4 is 5.32 Å². The number of rotatable bonds is 5. The van der Waals surface area contributed by atoms with Gasteiger partial charge in [-0.2, -0.15) is 0 Å². The number of benzene rings is 1. The van der Waals surface area contributed by atoms with E-state index in [1.807, 2.05) is 54.0 Å². The molecule has 1 fully saturated rings. The van der Waals surface area contributed by atoms with Crippen molar-refractivity contribution in [2.75, 3.05) is 38.0 Å². The van der Waals surface area contributed by atoms with E-state index < -0.39 is 5.41 Å². The Hall–Kier alpha value is -2.67. The van der Waals surface area contributed by atoms with E-state index in [1.165, 1.54) is 0 Å². The summed E-state index contributed by atoms with van der Waals surface area (Å²) in [7, 11) is 0. The van der Waals surface area contributed by atoms with E-state index in [2.05, 4.69) is 10.5 Å². The highest BCUT2D eigenvalue weighted by molar-refractivity contribution is 5.91. The normalized spacial score (nSPS) is 15.6. The first-order valence-corrected chi connectivity index (χ1v) is 9.16. The summed E-state index contributed by atoms with van der Waals surface area (Å²) in [5, 5.41) is 6.49. The molecule has 0 radical (unpaired) electrons. The Morgan fingerprint density at radius 2 is 1.81 bits per heavy atom. The summed E-state index contributed by atoms with van der Waals surface area (Å²) in [4.78, 5) is 29.1. The summed E-state index contributed by atoms with van der Waals surface area (Å²) in [6.45, 7) is 8.54. The maximum atomic E-state index is 13.0. The lowest BCUT2D eigenvalue weighted by atomic mass is 9.83. The van der Waals surface area contributed by atoms with E-state index in [9.17, 15) is 9.59 Å². The van der Waals surface area contributed by atoms with E-state index in [4.69, 9.17) is 4.52 Å². The van der Waals surface area contributed by atoms with Gasteiger partial charge >= 0.3 is 0 Å². The van der Waals surface area contributed by atoms with Gasteiger partial charge in [-0.05, 0) is 26.3 Å². The molecule has 3 rings (SSSR count). The molecule has 2 amide bonds. The van der Waals surface area contributed by atoms with E-state index in [0.29, 0.717) is 37.8 Å². The molecule has 7 heteroatoms. The molecule has 0 saturated carbocycles. The van der Waals surface area contributed by atoms with Gasteiger partial charge in [0, 0.05) is 32.2 Å². The van der Waals surface area contributed by atoms with Crippen LogP contribution in [0.4, 0.5) is 5.82 Å². The third-order valence-electron chi connectivity index (χ3n) is 4.95. The van der Waals surface area contributed by atoms with Gasteiger partial charge in [0.25, 0.3) is 0 Å². The first-order chi connectivity index (χ1) is 12.9. The van der Waals surface area contributed by atoms with Crippen LogP contribution in [0.2, 0.25) is 0 Å². The highest BCUT2D eigenvalue weighted by Gasteiger charge is 2.35. The van der Waals surface area contributed by atoms with Crippen molar-refractivity contribution in [2.24, 2.45) is 0 Å². The minimum atomic E-state index is -0.564. The average Bonchev–Trinajstić information content (AvgIpc) is 3.07. The van der Waals surface area contributed by atoms with Crippen LogP contribution in [0.25, 0.3) is 0 Å². The predicted molar refractivity (Wildman–Crippen MR) is 102 cm³/mol. The van der Waals surface area contributed by atoms with E-state index >= 15 is 0 Å². The van der Waals surface area contributed by atoms with Crippen LogP contribution in [-0.4, -0.2) is 59.5 Å². The number of hydrogen-bond acceptors (Lipinski definition) is 5. The molecule has 27 heavy (non-hydrogen) atoms. The van der Waals surface area contributed by atoms with Crippen LogP contribution in [0.3, 0.4) is 0 Å². The summed E-state index contributed by atoms with van der Waals surface area (Å²) < 4.78 is 4.94. The standard InChI is InChI=1S/C20H26N4O3/c1-15-13-17(22-27-15)21-18(25)14-23-9-11-24(12-10-23)19(26)20(2,3)16-7-5-4-6-8-16/h4-8,13H,9-12,14H2,1-3H3,(H,21,22,25). The molecule has 2 heterocycles. The number of carbonyl (C=O) groups excluding carboxylic acids is 2. The fraction of sp³-hybridized carbons (Fsp3) is 0.450. The quantitative estimate of drug-likeness (QED) is 0.871. The largest absolute Gasteiger partial charge is 0.360 e. The highest BCUT2D eigenvalue weighted by atomic mass is 16.5. The SMILES string of the molecule is Cc1cc(NC(=O)CN2CCN(C(=O)C(C)(C)c3ccccc3)CC2)no1. The van der Waals surface area contributed by atoms with Gasteiger partial charge in [-0.3, -0.25) is 14.5 Å². The second-order valence-electron chi connectivity index (χ2n) is 7.43. The van der Waals surface area contributed by atoms with Crippen LogP contribution in [0.5, 0.6) is 0 Å². The van der Waals surface area contributed by atoms with Crippen molar-refractivity contribution in [3.63, 3.8) is 0 Å². The Morgan fingerprint density at radius 3 is 2.41 bits per heavy atom. The van der Waals surface area contributed by atoms with Gasteiger partial charge in [-0.1, -0.05) is 35.5 Å². The first kappa shape index (κ1) is 19.1. The Labute approximate surface area is 159 Å². The lowest BCUT2D eigenvalue weighted by molar-refractivity contribution is -0.138. The number of nitrogens with one attached hydrogen (secondary N) is 1. The van der Waals surface area contributed by atoms with Gasteiger partial charge in [-0.25, -0.2) is 0 Å². The van der Waals surface area contributed by atoms with Gasteiger partial charge < -0.3 is 14.7 Å². The third kappa shape index (κ3) is 4.54. The zero-order valence-corrected chi connectivity index (χ0v) is 16.1. The van der Waals surface area contributed by atoms with E-state index in [0.717, 1.165) is 5.56 Å². The molecule has 0 spiro atoms. The Bertz CT molecular complexity index is 793. The molecule has 1 aliphatic heterocycles. The van der Waals surface area contributed by atoms with Gasteiger partial charge in [0.2, 0.25) is 11.8 Å². The fourth-order valence-electron chi connectivity index (χ4n) is 3.29. The lowest BCUT2D eigenvalue weighted by Crippen LogP contribution is -2.54. The smallest absolute Gasteiger partial charge is 0.239 e. The Morgan fingerprint density at radius 1 is 1.15 bits per heavy atom. The van der Waals surface area contributed by atoms with Crippen molar-refractivity contribution in [3.05, 3.63) is 47.7 Å². The molecule has 2 aromatic rings. The van der Waals surface area contributed by atoms with Crippen molar-refractivity contribution in [3.8, 4) is 0 Å². The van der Waals surface area contributed by atoms with Crippen LogP contribution in [0.1, 0.15) is 25.2 Å². The van der Waals surface area contributed by atoms with Crippen molar-refractivity contribution in [1.29, 1.82) is 0 Å². The van der Waals surface area contributed by atoms with Crippen molar-refractivity contribution >= 4 is 17.6 Å². The summed E-state index contributed by atoms with van der Waals surface area (Å²) in [6, 6.07) is 11.5. The number of nitrogens with zero attached hydrogens (tertiary/aromatic N) is 3. The van der Waals surface area contributed by atoms with Gasteiger partial charge in [0.15, 0.2) is 5.82 Å². The minimum Gasteiger partial charge on any atom is -0.360 e. The number of aromatic nitrogens is 1. The maximum Gasteiger partial charge on any atom is 0.239 e. The molecule has 1 aromatic carbocycles. The van der Waals surface area contributed by atoms with Crippen molar-refractivity contribution < 1.29 is 14.1 Å². The number of piperazine rings is 1. The van der Waals surface area contributed by atoms with E-state index in [-0.39, 0.29) is 18.4 Å². The zero-order chi connectivity index (χ0) is 19.4. The molecule has 0 aliphatic carbocycles. The molecule has 1 N–H and O–H groups in total. The summed E-state index contributed by atoms with van der Waals surface area (Å²) >= 11 is 0. The summed E-state index contributed by atoms with van der Waals surface area (Å²) in [6.07, 6.45) is 0. The molecule has 0 unspecified atom stereocenters. The zero-order valence-electron chi connectivity index (χ0n) is 16.1. The molecule has 1 aliphatic rings. The molecule has 0 atom stereocenters. The van der Waals surface area contributed by atoms with Crippen LogP contribution in [0.15, 0.2) is 40.9 Å². The number of aryl methyl sites for hydroxylation is 1. The molecule has 1 aromatic heterocycles. The Kier molecular flexibility index (Phi) is 5.60. The second-order valence-corrected chi connectivity index (χ2v) is 7.43. The summed E-state index contributed by atoms with van der Waals surface area (Å²) in [5.74, 6) is 1.07. The number of hydrogen-bond donors (Lipinski definition) is 1. The molecule has 144 valence electrons. The molecule has 0 bridgehead atoms. The topological polar surface area (TPSA) is 78.7 Å². The number of amides is 2. The van der Waals surface area contributed by atoms with Crippen LogP contribution >= 0.6 is 0 Å². The molecular formula is C20H26N4O3. The molecule has 1 saturated heterocycles. The average molecular weight is 370 g/mol. The van der Waals surface area contributed by atoms with Crippen LogP contribution in [0, 0.1) is 6.92 Å². The maximum absolute atomic E-state index is 13.0. The first-order valence-electron chi connectivity index (χ1n) is 9.16. The Balaban J connectivity index is 1.51. The fourth-order valence-corrected chi connectivity index (χ4v) is 3.29. The van der Waals surface area contributed by atoms with Crippen molar-refractivity contribution in [1.82, 2.24) is 15.0 Å². The van der Waals surface area contributed by atoms with Gasteiger partial charge in [-0.15, -0.1) is 0 Å². The monoisotopic (exact) mass is 370 g/mol. The number of anilines is 1. The highest BCUT2D eigenvalue weighted by Crippen LogP contribution is 2.26.